The molecule has 0 radical (unpaired) electrons. The highest BCUT2D eigenvalue weighted by atomic mass is 16.3. The third kappa shape index (κ3) is 4.77. The molecule has 202 valence electrons. The quantitative estimate of drug-likeness (QED) is 0.514. The van der Waals surface area contributed by atoms with E-state index in [9.17, 15) is 5.11 Å². The molecule has 0 bridgehead atoms. The maximum Gasteiger partial charge on any atom is 0.0602 e. The highest BCUT2D eigenvalue weighted by molar-refractivity contribution is 5.12. The Hall–Kier alpha value is -0.160. The zero-order chi connectivity index (χ0) is 24.8. The first-order chi connectivity index (χ1) is 16.8. The van der Waals surface area contributed by atoms with Crippen molar-refractivity contribution in [2.45, 2.75) is 104 Å². The van der Waals surface area contributed by atoms with E-state index in [2.05, 4.69) is 49.9 Å². The van der Waals surface area contributed by atoms with Gasteiger partial charge in [-0.15, -0.1) is 0 Å². The average Bonchev–Trinajstić information content (AvgIpc) is 3.20. The van der Waals surface area contributed by atoms with Gasteiger partial charge in [-0.3, -0.25) is 0 Å². The first-order valence-electron chi connectivity index (χ1n) is 15.6. The summed E-state index contributed by atoms with van der Waals surface area (Å²) in [6.45, 7) is 17.3. The fourth-order valence-corrected chi connectivity index (χ4v) is 10.6. The Balaban J connectivity index is 1.22. The Morgan fingerprint density at radius 2 is 1.74 bits per heavy atom. The molecule has 4 aliphatic carbocycles. The van der Waals surface area contributed by atoms with Crippen molar-refractivity contribution in [1.82, 2.24) is 15.1 Å². The maximum atomic E-state index is 11.9. The van der Waals surface area contributed by atoms with Gasteiger partial charge in [0.15, 0.2) is 0 Å². The van der Waals surface area contributed by atoms with Crippen molar-refractivity contribution in [2.75, 3.05) is 46.3 Å². The van der Waals surface area contributed by atoms with Crippen LogP contribution < -0.4 is 5.32 Å². The molecule has 1 saturated heterocycles. The molecule has 1 heterocycles. The number of fused-ring (bicyclic) bond motifs is 5. The second-order valence-electron chi connectivity index (χ2n) is 14.3. The van der Waals surface area contributed by atoms with Gasteiger partial charge in [0.1, 0.15) is 0 Å². The van der Waals surface area contributed by atoms with Crippen LogP contribution in [0.4, 0.5) is 0 Å². The van der Waals surface area contributed by atoms with E-state index in [-0.39, 0.29) is 11.5 Å². The number of nitrogens with zero attached hydrogens (tertiary/aromatic N) is 2. The van der Waals surface area contributed by atoms with Crippen molar-refractivity contribution in [1.29, 1.82) is 0 Å². The molecule has 2 N–H and O–H groups in total. The molecule has 1 aliphatic heterocycles. The number of piperazine rings is 1. The van der Waals surface area contributed by atoms with Crippen LogP contribution in [0.5, 0.6) is 0 Å². The largest absolute Gasteiger partial charge is 0.393 e. The first-order valence-corrected chi connectivity index (χ1v) is 15.6. The average molecular weight is 488 g/mol. The number of hydrogen-bond donors (Lipinski definition) is 2. The van der Waals surface area contributed by atoms with E-state index in [4.69, 9.17) is 0 Å². The summed E-state index contributed by atoms with van der Waals surface area (Å²) in [7, 11) is 2.25. The van der Waals surface area contributed by atoms with Crippen LogP contribution in [-0.4, -0.2) is 73.4 Å². The van der Waals surface area contributed by atoms with E-state index in [0.717, 1.165) is 48.6 Å². The maximum absolute atomic E-state index is 11.9. The lowest BCUT2D eigenvalue weighted by Crippen LogP contribution is -2.59. The van der Waals surface area contributed by atoms with E-state index in [1.165, 1.54) is 90.5 Å². The second kappa shape index (κ2) is 10.5. The van der Waals surface area contributed by atoms with Crippen molar-refractivity contribution in [2.24, 2.45) is 46.3 Å². The monoisotopic (exact) mass is 487 g/mol. The molecule has 0 unspecified atom stereocenters. The van der Waals surface area contributed by atoms with E-state index in [1.807, 2.05) is 0 Å². The van der Waals surface area contributed by atoms with Crippen molar-refractivity contribution in [3.63, 3.8) is 0 Å². The molecule has 5 rings (SSSR count). The normalized spacial score (nSPS) is 47.7. The lowest BCUT2D eigenvalue weighted by Gasteiger charge is -2.62. The number of aliphatic hydroxyl groups is 1. The molecule has 0 spiro atoms. The third-order valence-corrected chi connectivity index (χ3v) is 12.8. The summed E-state index contributed by atoms with van der Waals surface area (Å²) in [5.74, 6) is 4.69. The fraction of sp³-hybridized carbons (Fsp3) is 1.00. The molecule has 4 heteroatoms. The molecule has 10 atom stereocenters. The molecule has 4 saturated carbocycles. The molecule has 0 aromatic heterocycles. The predicted molar refractivity (Wildman–Crippen MR) is 146 cm³/mol. The van der Waals surface area contributed by atoms with Crippen LogP contribution in [0.25, 0.3) is 0 Å². The van der Waals surface area contributed by atoms with Crippen LogP contribution in [0.2, 0.25) is 0 Å². The van der Waals surface area contributed by atoms with E-state index >= 15 is 0 Å². The standard InChI is InChI=1S/C31H57N3O/c1-6-32-24-13-14-30(3)23(20-24)9-10-25-27-12-11-26(31(27,4)29(35)21-28(25)30)22(2)8-7-15-34-18-16-33(5)17-19-34/h22-29,32,35H,6-21H2,1-5H3/t22-,23-,24+,25+,26-,27+,28+,29+,30+,31-/m1/s1. The molecular formula is C31H57N3O. The summed E-state index contributed by atoms with van der Waals surface area (Å²) in [5, 5.41) is 15.6. The van der Waals surface area contributed by atoms with Crippen LogP contribution >= 0.6 is 0 Å². The molecule has 0 amide bonds. The Morgan fingerprint density at radius 1 is 0.971 bits per heavy atom. The van der Waals surface area contributed by atoms with Gasteiger partial charge in [0, 0.05) is 32.2 Å². The summed E-state index contributed by atoms with van der Waals surface area (Å²) >= 11 is 0. The Labute approximate surface area is 217 Å². The van der Waals surface area contributed by atoms with Crippen molar-refractivity contribution in [3.8, 4) is 0 Å². The van der Waals surface area contributed by atoms with Crippen molar-refractivity contribution in [3.05, 3.63) is 0 Å². The predicted octanol–water partition coefficient (Wildman–Crippen LogP) is 5.26. The Bertz CT molecular complexity index is 707. The smallest absolute Gasteiger partial charge is 0.0602 e. The van der Waals surface area contributed by atoms with Crippen LogP contribution in [-0.2, 0) is 0 Å². The molecule has 5 aliphatic rings. The number of nitrogens with one attached hydrogen (secondary N) is 1. The highest BCUT2D eigenvalue weighted by Crippen LogP contribution is 2.68. The van der Waals surface area contributed by atoms with Crippen molar-refractivity contribution < 1.29 is 5.11 Å². The molecular weight excluding hydrogens is 430 g/mol. The van der Waals surface area contributed by atoms with Crippen LogP contribution in [0.3, 0.4) is 0 Å². The first kappa shape index (κ1) is 26.4. The highest BCUT2D eigenvalue weighted by Gasteiger charge is 2.63. The molecule has 0 aromatic rings. The van der Waals surface area contributed by atoms with E-state index < -0.39 is 0 Å². The van der Waals surface area contributed by atoms with Gasteiger partial charge in [0.2, 0.25) is 0 Å². The molecule has 5 fully saturated rings. The van der Waals surface area contributed by atoms with Crippen LogP contribution in [0.1, 0.15) is 91.9 Å². The molecule has 35 heavy (non-hydrogen) atoms. The topological polar surface area (TPSA) is 38.7 Å². The van der Waals surface area contributed by atoms with Gasteiger partial charge < -0.3 is 20.2 Å². The van der Waals surface area contributed by atoms with Crippen molar-refractivity contribution >= 4 is 0 Å². The summed E-state index contributed by atoms with van der Waals surface area (Å²) in [5.41, 5.74) is 0.613. The summed E-state index contributed by atoms with van der Waals surface area (Å²) < 4.78 is 0. The Kier molecular flexibility index (Phi) is 7.97. The summed E-state index contributed by atoms with van der Waals surface area (Å²) in [4.78, 5) is 5.13. The second-order valence-corrected chi connectivity index (χ2v) is 14.3. The molecule has 0 aromatic carbocycles. The SMILES string of the molecule is CCN[C@H]1CC[C@@]2(C)[C@H](CC[C@@H]3[C@@H]2C[C@H](O)[C@]2(C)[C@@H]([C@H](C)CCCN4CCN(C)CC4)CC[C@@H]32)C1. The van der Waals surface area contributed by atoms with E-state index in [1.54, 1.807) is 0 Å². The molecule has 4 nitrogen and oxygen atoms in total. The zero-order valence-corrected chi connectivity index (χ0v) is 23.8. The minimum atomic E-state index is -0.0941. The summed E-state index contributed by atoms with van der Waals surface area (Å²) in [6.07, 6.45) is 13.4. The van der Waals surface area contributed by atoms with Gasteiger partial charge in [0.05, 0.1) is 6.10 Å². The van der Waals surface area contributed by atoms with Gasteiger partial charge in [-0.2, -0.15) is 0 Å². The third-order valence-electron chi connectivity index (χ3n) is 12.8. The number of hydrogen-bond acceptors (Lipinski definition) is 4. The number of aliphatic hydroxyl groups excluding tert-OH is 1. The lowest BCUT2D eigenvalue weighted by molar-refractivity contribution is -0.169. The Morgan fingerprint density at radius 3 is 2.49 bits per heavy atom. The number of likely N-dealkylation sites (N-methyl/N-ethyl adjacent to an activating group) is 1. The van der Waals surface area contributed by atoms with Gasteiger partial charge in [-0.1, -0.05) is 27.7 Å². The van der Waals surface area contributed by atoms with E-state index in [0.29, 0.717) is 11.3 Å². The lowest BCUT2D eigenvalue weighted by atomic mass is 9.43. The fourth-order valence-electron chi connectivity index (χ4n) is 10.6. The minimum Gasteiger partial charge on any atom is -0.393 e. The van der Waals surface area contributed by atoms with Gasteiger partial charge >= 0.3 is 0 Å². The van der Waals surface area contributed by atoms with Gasteiger partial charge in [-0.05, 0) is 131 Å². The minimum absolute atomic E-state index is 0.0941. The zero-order valence-electron chi connectivity index (χ0n) is 23.8. The summed E-state index contributed by atoms with van der Waals surface area (Å²) in [6, 6.07) is 0.732. The van der Waals surface area contributed by atoms with Crippen LogP contribution in [0, 0.1) is 46.3 Å². The number of rotatable bonds is 7. The van der Waals surface area contributed by atoms with Crippen LogP contribution in [0.15, 0.2) is 0 Å². The van der Waals surface area contributed by atoms with Gasteiger partial charge in [0.25, 0.3) is 0 Å². The van der Waals surface area contributed by atoms with Gasteiger partial charge in [-0.25, -0.2) is 0 Å².